The van der Waals surface area contributed by atoms with Crippen LogP contribution in [0.2, 0.25) is 0 Å². The molecule has 0 aromatic carbocycles. The highest BCUT2D eigenvalue weighted by molar-refractivity contribution is 4.91. The molecular weight excluding hydrogens is 200 g/mol. The van der Waals surface area contributed by atoms with Gasteiger partial charge in [0.15, 0.2) is 0 Å². The Bertz CT molecular complexity index is 198. The molecule has 0 amide bonds. The van der Waals surface area contributed by atoms with Crippen molar-refractivity contribution in [3.05, 3.63) is 0 Å². The molecule has 2 rings (SSSR count). The Morgan fingerprint density at radius 2 is 2.00 bits per heavy atom. The van der Waals surface area contributed by atoms with Gasteiger partial charge in [0.2, 0.25) is 0 Å². The maximum atomic E-state index is 5.35. The van der Waals surface area contributed by atoms with Crippen LogP contribution in [-0.2, 0) is 4.74 Å². The fourth-order valence-corrected chi connectivity index (χ4v) is 3.37. The fraction of sp³-hybridized carbons (Fsp3) is 1.00. The lowest BCUT2D eigenvalue weighted by atomic mass is 10.0. The minimum Gasteiger partial charge on any atom is -0.383 e. The maximum absolute atomic E-state index is 5.35. The molecule has 1 aliphatic carbocycles. The number of hydrogen-bond acceptors (Lipinski definition) is 3. The van der Waals surface area contributed by atoms with E-state index in [1.54, 1.807) is 0 Å². The summed E-state index contributed by atoms with van der Waals surface area (Å²) in [7, 11) is 1.82. The maximum Gasteiger partial charge on any atom is 0.0630 e. The molecule has 94 valence electrons. The fourth-order valence-electron chi connectivity index (χ4n) is 3.37. The molecule has 3 heteroatoms. The van der Waals surface area contributed by atoms with Crippen molar-refractivity contribution in [1.29, 1.82) is 0 Å². The van der Waals surface area contributed by atoms with Gasteiger partial charge in [-0.1, -0.05) is 13.3 Å². The molecule has 2 fully saturated rings. The number of likely N-dealkylation sites (N-methyl/N-ethyl adjacent to an activating group) is 1. The summed E-state index contributed by atoms with van der Waals surface area (Å²) in [6.07, 6.45) is 4.38. The minimum absolute atomic E-state index is 0.579. The summed E-state index contributed by atoms with van der Waals surface area (Å²) in [6.45, 7) is 7.79. The molecule has 1 N–H and O–H groups in total. The van der Waals surface area contributed by atoms with Gasteiger partial charge in [-0.3, -0.25) is 4.90 Å². The summed E-state index contributed by atoms with van der Waals surface area (Å²) in [5.41, 5.74) is 0. The standard InChI is InChI=1S/C13H26N2O/c1-3-14-7-13(10-16-2)15-8-11-5-4-6-12(11)9-15/h11-14H,3-10H2,1-2H3. The molecule has 0 bridgehead atoms. The lowest BCUT2D eigenvalue weighted by Gasteiger charge is -2.28. The second kappa shape index (κ2) is 5.99. The van der Waals surface area contributed by atoms with Crippen molar-refractivity contribution < 1.29 is 4.74 Å². The van der Waals surface area contributed by atoms with Crippen LogP contribution in [0.4, 0.5) is 0 Å². The third-order valence-corrected chi connectivity index (χ3v) is 4.26. The molecule has 3 atom stereocenters. The van der Waals surface area contributed by atoms with Crippen molar-refractivity contribution in [3.8, 4) is 0 Å². The zero-order valence-electron chi connectivity index (χ0n) is 10.7. The highest BCUT2D eigenvalue weighted by Gasteiger charge is 2.38. The van der Waals surface area contributed by atoms with Crippen LogP contribution in [0.25, 0.3) is 0 Å². The summed E-state index contributed by atoms with van der Waals surface area (Å²) in [6, 6.07) is 0.579. The average molecular weight is 226 g/mol. The number of methoxy groups -OCH3 is 1. The monoisotopic (exact) mass is 226 g/mol. The van der Waals surface area contributed by atoms with Gasteiger partial charge in [-0.15, -0.1) is 0 Å². The number of nitrogens with zero attached hydrogens (tertiary/aromatic N) is 1. The second-order valence-corrected chi connectivity index (χ2v) is 5.32. The van der Waals surface area contributed by atoms with Gasteiger partial charge in [-0.2, -0.15) is 0 Å². The van der Waals surface area contributed by atoms with Gasteiger partial charge in [-0.05, 0) is 31.2 Å². The van der Waals surface area contributed by atoms with E-state index in [0.717, 1.165) is 31.5 Å². The van der Waals surface area contributed by atoms with Crippen molar-refractivity contribution in [2.75, 3.05) is 39.9 Å². The molecule has 0 aromatic heterocycles. The molecule has 1 heterocycles. The number of nitrogens with one attached hydrogen (secondary N) is 1. The smallest absolute Gasteiger partial charge is 0.0630 e. The Kier molecular flexibility index (Phi) is 4.62. The highest BCUT2D eigenvalue weighted by Crippen LogP contribution is 2.38. The summed E-state index contributed by atoms with van der Waals surface area (Å²) in [5.74, 6) is 1.97. The molecule has 0 radical (unpaired) electrons. The van der Waals surface area contributed by atoms with E-state index in [1.807, 2.05) is 7.11 Å². The topological polar surface area (TPSA) is 24.5 Å². The van der Waals surface area contributed by atoms with E-state index in [2.05, 4.69) is 17.1 Å². The van der Waals surface area contributed by atoms with E-state index in [9.17, 15) is 0 Å². The molecule has 1 saturated carbocycles. The first-order valence-corrected chi connectivity index (χ1v) is 6.78. The van der Waals surface area contributed by atoms with E-state index in [1.165, 1.54) is 32.4 Å². The van der Waals surface area contributed by atoms with Crippen LogP contribution < -0.4 is 5.32 Å². The Morgan fingerprint density at radius 3 is 2.56 bits per heavy atom. The molecule has 3 unspecified atom stereocenters. The molecule has 0 aromatic rings. The van der Waals surface area contributed by atoms with E-state index in [4.69, 9.17) is 4.74 Å². The molecule has 1 aliphatic heterocycles. The van der Waals surface area contributed by atoms with Crippen LogP contribution in [0.3, 0.4) is 0 Å². The number of ether oxygens (including phenoxy) is 1. The Balaban J connectivity index is 1.83. The minimum atomic E-state index is 0.579. The normalized spacial score (nSPS) is 31.9. The van der Waals surface area contributed by atoms with E-state index >= 15 is 0 Å². The largest absolute Gasteiger partial charge is 0.383 e. The van der Waals surface area contributed by atoms with Gasteiger partial charge in [0.05, 0.1) is 6.61 Å². The summed E-state index contributed by atoms with van der Waals surface area (Å²) in [4.78, 5) is 2.65. The van der Waals surface area contributed by atoms with Crippen LogP contribution in [0, 0.1) is 11.8 Å². The van der Waals surface area contributed by atoms with E-state index in [0.29, 0.717) is 6.04 Å². The van der Waals surface area contributed by atoms with Crippen LogP contribution in [0.15, 0.2) is 0 Å². The molecule has 16 heavy (non-hydrogen) atoms. The first-order valence-electron chi connectivity index (χ1n) is 6.78. The molecule has 3 nitrogen and oxygen atoms in total. The number of likely N-dealkylation sites (tertiary alicyclic amines) is 1. The molecule has 2 aliphatic rings. The van der Waals surface area contributed by atoms with Gasteiger partial charge in [0.25, 0.3) is 0 Å². The van der Waals surface area contributed by atoms with Gasteiger partial charge in [0.1, 0.15) is 0 Å². The van der Waals surface area contributed by atoms with Crippen molar-refractivity contribution in [2.45, 2.75) is 32.2 Å². The van der Waals surface area contributed by atoms with Crippen molar-refractivity contribution >= 4 is 0 Å². The van der Waals surface area contributed by atoms with Crippen LogP contribution >= 0.6 is 0 Å². The van der Waals surface area contributed by atoms with Crippen molar-refractivity contribution in [2.24, 2.45) is 11.8 Å². The highest BCUT2D eigenvalue weighted by atomic mass is 16.5. The second-order valence-electron chi connectivity index (χ2n) is 5.32. The first kappa shape index (κ1) is 12.3. The van der Waals surface area contributed by atoms with Gasteiger partial charge in [0, 0.05) is 32.8 Å². The third-order valence-electron chi connectivity index (χ3n) is 4.26. The Labute approximate surface area is 99.5 Å². The quantitative estimate of drug-likeness (QED) is 0.740. The zero-order valence-corrected chi connectivity index (χ0v) is 10.7. The predicted molar refractivity (Wildman–Crippen MR) is 66.6 cm³/mol. The van der Waals surface area contributed by atoms with E-state index in [-0.39, 0.29) is 0 Å². The van der Waals surface area contributed by atoms with Crippen LogP contribution in [0.5, 0.6) is 0 Å². The lowest BCUT2D eigenvalue weighted by molar-refractivity contribution is 0.0994. The van der Waals surface area contributed by atoms with Crippen LogP contribution in [-0.4, -0.2) is 50.8 Å². The van der Waals surface area contributed by atoms with E-state index < -0.39 is 0 Å². The summed E-state index contributed by atoms with van der Waals surface area (Å²) < 4.78 is 5.35. The lowest BCUT2D eigenvalue weighted by Crippen LogP contribution is -2.44. The number of fused-ring (bicyclic) bond motifs is 1. The zero-order chi connectivity index (χ0) is 11.4. The number of hydrogen-bond donors (Lipinski definition) is 1. The SMILES string of the molecule is CCNCC(COC)N1CC2CCCC2C1. The average Bonchev–Trinajstić information content (AvgIpc) is 2.84. The van der Waals surface area contributed by atoms with Crippen molar-refractivity contribution in [3.63, 3.8) is 0 Å². The van der Waals surface area contributed by atoms with Gasteiger partial charge < -0.3 is 10.1 Å². The predicted octanol–water partition coefficient (Wildman–Crippen LogP) is 1.34. The molecular formula is C13H26N2O. The van der Waals surface area contributed by atoms with Gasteiger partial charge in [-0.25, -0.2) is 0 Å². The van der Waals surface area contributed by atoms with Crippen LogP contribution in [0.1, 0.15) is 26.2 Å². The third kappa shape index (κ3) is 2.76. The summed E-state index contributed by atoms with van der Waals surface area (Å²) in [5, 5.41) is 3.45. The molecule has 1 saturated heterocycles. The Hall–Kier alpha value is -0.120. The van der Waals surface area contributed by atoms with Gasteiger partial charge >= 0.3 is 0 Å². The number of rotatable bonds is 6. The first-order chi connectivity index (χ1) is 7.85. The van der Waals surface area contributed by atoms with Crippen molar-refractivity contribution in [1.82, 2.24) is 10.2 Å². The molecule has 0 spiro atoms. The summed E-state index contributed by atoms with van der Waals surface area (Å²) >= 11 is 0. The Morgan fingerprint density at radius 1 is 1.31 bits per heavy atom.